The van der Waals surface area contributed by atoms with E-state index >= 15 is 0 Å². The quantitative estimate of drug-likeness (QED) is 0.818. The summed E-state index contributed by atoms with van der Waals surface area (Å²) in [5.74, 6) is 0. The van der Waals surface area contributed by atoms with Crippen LogP contribution in [0.1, 0.15) is 5.56 Å². The lowest BCUT2D eigenvalue weighted by atomic mass is 10.1. The molecule has 2 aromatic carbocycles. The van der Waals surface area contributed by atoms with Crippen molar-refractivity contribution < 1.29 is 4.55 Å². The van der Waals surface area contributed by atoms with Crippen LogP contribution in [-0.2, 0) is 11.2 Å². The van der Waals surface area contributed by atoms with Crippen molar-refractivity contribution in [2.75, 3.05) is 32.1 Å². The zero-order valence-corrected chi connectivity index (χ0v) is 13.4. The Hall–Kier alpha value is -2.00. The topological polar surface area (TPSA) is 53.3 Å². The summed E-state index contributed by atoms with van der Waals surface area (Å²) in [4.78, 5) is 5.88. The van der Waals surface area contributed by atoms with E-state index in [1.54, 1.807) is 6.07 Å². The summed E-state index contributed by atoms with van der Waals surface area (Å²) in [6.07, 6.45) is 0. The summed E-state index contributed by atoms with van der Waals surface area (Å²) in [5, 5.41) is 9.15. The second kappa shape index (κ2) is 6.01. The van der Waals surface area contributed by atoms with E-state index in [1.165, 1.54) is 0 Å². The SMILES string of the molecule is CN(C)CCN1c2ccccc2[S+]([O-])c2ccc(C#N)cc21. The van der Waals surface area contributed by atoms with E-state index in [4.69, 9.17) is 5.26 Å². The molecular formula is C17H17N3OS. The Bertz CT molecular complexity index is 739. The highest BCUT2D eigenvalue weighted by atomic mass is 32.2. The summed E-state index contributed by atoms with van der Waals surface area (Å²) < 4.78 is 12.8. The van der Waals surface area contributed by atoms with Gasteiger partial charge in [-0.3, -0.25) is 0 Å². The molecule has 0 aromatic heterocycles. The fourth-order valence-corrected chi connectivity index (χ4v) is 3.94. The molecule has 1 aliphatic rings. The van der Waals surface area contributed by atoms with Crippen molar-refractivity contribution in [3.05, 3.63) is 48.0 Å². The zero-order valence-electron chi connectivity index (χ0n) is 12.6. The first-order valence-electron chi connectivity index (χ1n) is 7.09. The lowest BCUT2D eigenvalue weighted by molar-refractivity contribution is 0.418. The van der Waals surface area contributed by atoms with Crippen LogP contribution >= 0.6 is 0 Å². The number of para-hydroxylation sites is 1. The van der Waals surface area contributed by atoms with Crippen LogP contribution in [0.2, 0.25) is 0 Å². The van der Waals surface area contributed by atoms with E-state index < -0.39 is 11.2 Å². The minimum Gasteiger partial charge on any atom is -0.606 e. The number of anilines is 2. The van der Waals surface area contributed by atoms with Gasteiger partial charge in [0, 0.05) is 24.3 Å². The Kier molecular flexibility index (Phi) is 4.08. The van der Waals surface area contributed by atoms with Crippen LogP contribution in [-0.4, -0.2) is 36.6 Å². The number of hydrogen-bond acceptors (Lipinski definition) is 4. The van der Waals surface area contributed by atoms with E-state index in [9.17, 15) is 4.55 Å². The van der Waals surface area contributed by atoms with Crippen LogP contribution in [0, 0.1) is 11.3 Å². The highest BCUT2D eigenvalue weighted by Gasteiger charge is 2.33. The van der Waals surface area contributed by atoms with Gasteiger partial charge < -0.3 is 14.4 Å². The number of likely N-dealkylation sites (N-methyl/N-ethyl adjacent to an activating group) is 1. The molecule has 0 spiro atoms. The fourth-order valence-electron chi connectivity index (χ4n) is 2.58. The molecule has 0 saturated carbocycles. The first-order chi connectivity index (χ1) is 10.6. The van der Waals surface area contributed by atoms with Crippen molar-refractivity contribution in [2.45, 2.75) is 9.79 Å². The third-order valence-corrected chi connectivity index (χ3v) is 5.19. The fraction of sp³-hybridized carbons (Fsp3) is 0.235. The van der Waals surface area contributed by atoms with E-state index in [2.05, 4.69) is 15.9 Å². The van der Waals surface area contributed by atoms with Crippen molar-refractivity contribution >= 4 is 22.6 Å². The molecule has 0 aliphatic carbocycles. The summed E-state index contributed by atoms with van der Waals surface area (Å²) in [5.41, 5.74) is 2.42. The smallest absolute Gasteiger partial charge is 0.182 e. The van der Waals surface area contributed by atoms with Gasteiger partial charge in [-0.25, -0.2) is 0 Å². The highest BCUT2D eigenvalue weighted by Crippen LogP contribution is 2.43. The van der Waals surface area contributed by atoms with Crippen molar-refractivity contribution in [3.8, 4) is 6.07 Å². The number of hydrogen-bond donors (Lipinski definition) is 0. The molecule has 0 radical (unpaired) electrons. The van der Waals surface area contributed by atoms with E-state index in [1.807, 2.05) is 50.5 Å². The van der Waals surface area contributed by atoms with Crippen LogP contribution in [0.5, 0.6) is 0 Å². The van der Waals surface area contributed by atoms with Crippen molar-refractivity contribution in [1.82, 2.24) is 4.90 Å². The second-order valence-corrected chi connectivity index (χ2v) is 6.90. The maximum atomic E-state index is 12.8. The number of fused-ring (bicyclic) bond motifs is 2. The largest absolute Gasteiger partial charge is 0.606 e. The lowest BCUT2D eigenvalue weighted by Gasteiger charge is -2.33. The number of rotatable bonds is 3. The molecule has 112 valence electrons. The third-order valence-electron chi connectivity index (χ3n) is 3.71. The average molecular weight is 311 g/mol. The molecule has 1 aliphatic heterocycles. The highest BCUT2D eigenvalue weighted by molar-refractivity contribution is 7.92. The standard InChI is InChI=1S/C17H17N3OS/c1-19(2)9-10-20-14-5-3-4-6-16(14)22(21)17-8-7-13(12-18)11-15(17)20/h3-8,11H,9-10H2,1-2H3. The predicted molar refractivity (Wildman–Crippen MR) is 87.8 cm³/mol. The van der Waals surface area contributed by atoms with Gasteiger partial charge in [0.2, 0.25) is 0 Å². The van der Waals surface area contributed by atoms with Crippen molar-refractivity contribution in [2.24, 2.45) is 0 Å². The van der Waals surface area contributed by atoms with Crippen LogP contribution in [0.25, 0.3) is 0 Å². The molecule has 22 heavy (non-hydrogen) atoms. The van der Waals surface area contributed by atoms with Crippen molar-refractivity contribution in [1.29, 1.82) is 5.26 Å². The number of benzene rings is 2. The van der Waals surface area contributed by atoms with Gasteiger partial charge in [-0.1, -0.05) is 12.1 Å². The van der Waals surface area contributed by atoms with Gasteiger partial charge >= 0.3 is 0 Å². The molecule has 1 heterocycles. The third kappa shape index (κ3) is 2.57. The molecule has 2 aromatic rings. The minimum atomic E-state index is -1.20. The molecule has 0 amide bonds. The Labute approximate surface area is 133 Å². The molecule has 3 rings (SSSR count). The zero-order chi connectivity index (χ0) is 15.7. The maximum absolute atomic E-state index is 12.8. The molecule has 0 fully saturated rings. The minimum absolute atomic E-state index is 0.588. The maximum Gasteiger partial charge on any atom is 0.182 e. The first kappa shape index (κ1) is 14.9. The van der Waals surface area contributed by atoms with E-state index in [0.29, 0.717) is 5.56 Å². The number of nitrogens with zero attached hydrogens (tertiary/aromatic N) is 3. The molecule has 4 nitrogen and oxygen atoms in total. The molecule has 1 atom stereocenters. The molecule has 5 heteroatoms. The summed E-state index contributed by atoms with van der Waals surface area (Å²) in [7, 11) is 4.06. The predicted octanol–water partition coefficient (Wildman–Crippen LogP) is 2.74. The van der Waals surface area contributed by atoms with Gasteiger partial charge in [0.05, 0.1) is 23.0 Å². The van der Waals surface area contributed by atoms with Crippen LogP contribution < -0.4 is 4.90 Å². The Morgan fingerprint density at radius 2 is 1.86 bits per heavy atom. The molecule has 0 bridgehead atoms. The van der Waals surface area contributed by atoms with Crippen LogP contribution in [0.15, 0.2) is 52.3 Å². The molecule has 1 unspecified atom stereocenters. The first-order valence-corrected chi connectivity index (χ1v) is 8.24. The molecular weight excluding hydrogens is 294 g/mol. The summed E-state index contributed by atoms with van der Waals surface area (Å²) in [6.45, 7) is 1.65. The van der Waals surface area contributed by atoms with E-state index in [-0.39, 0.29) is 0 Å². The van der Waals surface area contributed by atoms with Crippen LogP contribution in [0.4, 0.5) is 11.4 Å². The Morgan fingerprint density at radius 3 is 2.59 bits per heavy atom. The Morgan fingerprint density at radius 1 is 1.14 bits per heavy atom. The number of nitriles is 1. The van der Waals surface area contributed by atoms with Gasteiger partial charge in [-0.05, 0) is 44.4 Å². The van der Waals surface area contributed by atoms with Gasteiger partial charge in [0.1, 0.15) is 0 Å². The Balaban J connectivity index is 2.12. The molecule has 0 N–H and O–H groups in total. The average Bonchev–Trinajstić information content (AvgIpc) is 2.54. The van der Waals surface area contributed by atoms with E-state index in [0.717, 1.165) is 34.3 Å². The molecule has 0 saturated heterocycles. The van der Waals surface area contributed by atoms with Gasteiger partial charge in [-0.15, -0.1) is 0 Å². The van der Waals surface area contributed by atoms with Crippen LogP contribution in [0.3, 0.4) is 0 Å². The van der Waals surface area contributed by atoms with Gasteiger partial charge in [0.25, 0.3) is 0 Å². The lowest BCUT2D eigenvalue weighted by Crippen LogP contribution is -2.32. The van der Waals surface area contributed by atoms with Crippen molar-refractivity contribution in [3.63, 3.8) is 0 Å². The second-order valence-electron chi connectivity index (χ2n) is 5.49. The summed E-state index contributed by atoms with van der Waals surface area (Å²) in [6, 6.07) is 15.3. The van der Waals surface area contributed by atoms with Gasteiger partial charge in [-0.2, -0.15) is 5.26 Å². The van der Waals surface area contributed by atoms with Gasteiger partial charge in [0.15, 0.2) is 9.79 Å². The summed E-state index contributed by atoms with van der Waals surface area (Å²) >= 11 is -1.20. The monoisotopic (exact) mass is 311 g/mol. The normalized spacial score (nSPS) is 16.1.